The fourth-order valence-electron chi connectivity index (χ4n) is 2.01. The predicted octanol–water partition coefficient (Wildman–Crippen LogP) is 2.28. The maximum Gasteiger partial charge on any atom is 0.240 e. The molecule has 1 amide bonds. The minimum Gasteiger partial charge on any atom is -0.381 e. The van der Waals surface area contributed by atoms with Crippen molar-refractivity contribution in [2.75, 3.05) is 26.3 Å². The average Bonchev–Trinajstić information content (AvgIpc) is 2.26. The van der Waals surface area contributed by atoms with Gasteiger partial charge in [-0.2, -0.15) is 0 Å². The Morgan fingerprint density at radius 3 is 2.50 bits per heavy atom. The summed E-state index contributed by atoms with van der Waals surface area (Å²) in [6, 6.07) is 0. The summed E-state index contributed by atoms with van der Waals surface area (Å²) in [6.07, 6.45) is 2.00. The average molecular weight is 248 g/mol. The van der Waals surface area contributed by atoms with E-state index in [-0.39, 0.29) is 11.3 Å². The Hall–Kier alpha value is -0.280. The van der Waals surface area contributed by atoms with E-state index in [0.717, 1.165) is 39.1 Å². The van der Waals surface area contributed by atoms with E-state index in [2.05, 4.69) is 6.92 Å². The Bertz CT molecular complexity index is 235. The van der Waals surface area contributed by atoms with Crippen molar-refractivity contribution in [1.29, 1.82) is 0 Å². The summed E-state index contributed by atoms with van der Waals surface area (Å²) in [5.74, 6) is 0.0557. The van der Waals surface area contributed by atoms with Crippen LogP contribution in [0.1, 0.15) is 33.6 Å². The van der Waals surface area contributed by atoms with Gasteiger partial charge in [0.2, 0.25) is 5.91 Å². The number of nitrogens with zero attached hydrogens (tertiary/aromatic N) is 1. The molecule has 1 atom stereocenters. The Labute approximate surface area is 103 Å². The molecule has 0 aromatic carbocycles. The zero-order valence-electron chi connectivity index (χ0n) is 10.5. The van der Waals surface area contributed by atoms with Crippen LogP contribution in [0, 0.1) is 5.41 Å². The van der Waals surface area contributed by atoms with Crippen molar-refractivity contribution in [3.63, 3.8) is 0 Å². The van der Waals surface area contributed by atoms with E-state index in [1.807, 2.05) is 11.8 Å². The van der Waals surface area contributed by atoms with E-state index < -0.39 is 5.38 Å². The number of piperidine rings is 1. The minimum absolute atomic E-state index is 0.0557. The number of alkyl halides is 1. The molecule has 0 N–H and O–H groups in total. The SMILES string of the molecule is CCOCC1(C)CCN(C(=O)[C@H](C)Cl)CC1. The van der Waals surface area contributed by atoms with Crippen LogP contribution in [-0.2, 0) is 9.53 Å². The molecule has 0 aromatic heterocycles. The summed E-state index contributed by atoms with van der Waals surface area (Å²) in [6.45, 7) is 9.14. The summed E-state index contributed by atoms with van der Waals surface area (Å²) < 4.78 is 5.49. The first kappa shape index (κ1) is 13.8. The van der Waals surface area contributed by atoms with Crippen LogP contribution in [0.15, 0.2) is 0 Å². The van der Waals surface area contributed by atoms with Gasteiger partial charge in [-0.05, 0) is 32.1 Å². The molecule has 1 aliphatic heterocycles. The zero-order valence-corrected chi connectivity index (χ0v) is 11.2. The van der Waals surface area contributed by atoms with Gasteiger partial charge in [-0.25, -0.2) is 0 Å². The fraction of sp³-hybridized carbons (Fsp3) is 0.917. The molecule has 0 bridgehead atoms. The van der Waals surface area contributed by atoms with Gasteiger partial charge in [0, 0.05) is 19.7 Å². The minimum atomic E-state index is -0.406. The molecule has 0 saturated carbocycles. The molecule has 1 saturated heterocycles. The molecule has 16 heavy (non-hydrogen) atoms. The lowest BCUT2D eigenvalue weighted by molar-refractivity contribution is -0.133. The standard InChI is InChI=1S/C12H22ClNO2/c1-4-16-9-12(3)5-7-14(8-6-12)11(15)10(2)13/h10H,4-9H2,1-3H3/t10-/m0/s1. The second-order valence-electron chi connectivity index (χ2n) is 4.89. The number of halogens is 1. The van der Waals surface area contributed by atoms with Crippen molar-refractivity contribution in [2.45, 2.75) is 39.0 Å². The Morgan fingerprint density at radius 1 is 1.50 bits per heavy atom. The highest BCUT2D eigenvalue weighted by Crippen LogP contribution is 2.31. The van der Waals surface area contributed by atoms with Crippen LogP contribution in [-0.4, -0.2) is 42.5 Å². The molecule has 0 aromatic rings. The summed E-state index contributed by atoms with van der Waals surface area (Å²) in [5.41, 5.74) is 0.225. The Morgan fingerprint density at radius 2 is 2.06 bits per heavy atom. The largest absolute Gasteiger partial charge is 0.381 e. The molecule has 3 nitrogen and oxygen atoms in total. The van der Waals surface area contributed by atoms with Crippen molar-refractivity contribution in [2.24, 2.45) is 5.41 Å². The number of ether oxygens (including phenoxy) is 1. The molecule has 0 spiro atoms. The number of hydrogen-bond donors (Lipinski definition) is 0. The molecule has 1 heterocycles. The third kappa shape index (κ3) is 3.63. The van der Waals surface area contributed by atoms with Crippen LogP contribution < -0.4 is 0 Å². The van der Waals surface area contributed by atoms with E-state index in [1.165, 1.54) is 0 Å². The monoisotopic (exact) mass is 247 g/mol. The van der Waals surface area contributed by atoms with Crippen molar-refractivity contribution in [3.05, 3.63) is 0 Å². The smallest absolute Gasteiger partial charge is 0.240 e. The van der Waals surface area contributed by atoms with E-state index in [4.69, 9.17) is 16.3 Å². The van der Waals surface area contributed by atoms with Gasteiger partial charge in [0.15, 0.2) is 0 Å². The van der Waals surface area contributed by atoms with Gasteiger partial charge < -0.3 is 9.64 Å². The lowest BCUT2D eigenvalue weighted by Gasteiger charge is -2.39. The second-order valence-corrected chi connectivity index (χ2v) is 5.54. The highest BCUT2D eigenvalue weighted by molar-refractivity contribution is 6.30. The lowest BCUT2D eigenvalue weighted by atomic mass is 9.81. The van der Waals surface area contributed by atoms with Crippen molar-refractivity contribution in [3.8, 4) is 0 Å². The first-order chi connectivity index (χ1) is 7.48. The third-order valence-electron chi connectivity index (χ3n) is 3.28. The van der Waals surface area contributed by atoms with Gasteiger partial charge in [0.1, 0.15) is 5.38 Å². The van der Waals surface area contributed by atoms with E-state index in [1.54, 1.807) is 6.92 Å². The van der Waals surface area contributed by atoms with E-state index in [9.17, 15) is 4.79 Å². The Kier molecular flexibility index (Phi) is 5.06. The lowest BCUT2D eigenvalue weighted by Crippen LogP contribution is -2.45. The summed E-state index contributed by atoms with van der Waals surface area (Å²) in [5, 5.41) is -0.406. The molecule has 4 heteroatoms. The van der Waals surface area contributed by atoms with Gasteiger partial charge in [0.25, 0.3) is 0 Å². The molecule has 0 unspecified atom stereocenters. The highest BCUT2D eigenvalue weighted by Gasteiger charge is 2.32. The van der Waals surface area contributed by atoms with Crippen molar-refractivity contribution < 1.29 is 9.53 Å². The van der Waals surface area contributed by atoms with E-state index >= 15 is 0 Å². The number of likely N-dealkylation sites (tertiary alicyclic amines) is 1. The second kappa shape index (κ2) is 5.87. The van der Waals surface area contributed by atoms with Crippen molar-refractivity contribution >= 4 is 17.5 Å². The quantitative estimate of drug-likeness (QED) is 0.714. The summed E-state index contributed by atoms with van der Waals surface area (Å²) in [4.78, 5) is 13.6. The highest BCUT2D eigenvalue weighted by atomic mass is 35.5. The normalized spacial score (nSPS) is 21.9. The molecule has 1 rings (SSSR count). The van der Waals surface area contributed by atoms with Crippen LogP contribution in [0.5, 0.6) is 0 Å². The first-order valence-corrected chi connectivity index (χ1v) is 6.43. The number of carbonyl (C=O) groups is 1. The molecule has 1 fully saturated rings. The van der Waals surface area contributed by atoms with Crippen molar-refractivity contribution in [1.82, 2.24) is 4.90 Å². The van der Waals surface area contributed by atoms with Crippen LogP contribution >= 0.6 is 11.6 Å². The topological polar surface area (TPSA) is 29.5 Å². The molecule has 94 valence electrons. The van der Waals surface area contributed by atoms with Crippen LogP contribution in [0.25, 0.3) is 0 Å². The van der Waals surface area contributed by atoms with Crippen LogP contribution in [0.3, 0.4) is 0 Å². The Balaban J connectivity index is 2.41. The van der Waals surface area contributed by atoms with Crippen LogP contribution in [0.4, 0.5) is 0 Å². The molecule has 0 radical (unpaired) electrons. The maximum atomic E-state index is 11.7. The predicted molar refractivity (Wildman–Crippen MR) is 65.7 cm³/mol. The van der Waals surface area contributed by atoms with E-state index in [0.29, 0.717) is 0 Å². The number of carbonyl (C=O) groups excluding carboxylic acids is 1. The molecule has 0 aliphatic carbocycles. The third-order valence-corrected chi connectivity index (χ3v) is 3.46. The number of hydrogen-bond acceptors (Lipinski definition) is 2. The molecular formula is C12H22ClNO2. The first-order valence-electron chi connectivity index (χ1n) is 5.99. The van der Waals surface area contributed by atoms with Gasteiger partial charge in [-0.1, -0.05) is 6.92 Å². The van der Waals surface area contributed by atoms with Gasteiger partial charge in [-0.15, -0.1) is 11.6 Å². The fourth-order valence-corrected chi connectivity index (χ4v) is 2.15. The summed E-state index contributed by atoms with van der Waals surface area (Å²) in [7, 11) is 0. The van der Waals surface area contributed by atoms with Gasteiger partial charge >= 0.3 is 0 Å². The number of amides is 1. The van der Waals surface area contributed by atoms with Crippen LogP contribution in [0.2, 0.25) is 0 Å². The number of rotatable bonds is 4. The van der Waals surface area contributed by atoms with Gasteiger partial charge in [-0.3, -0.25) is 4.79 Å². The molecule has 1 aliphatic rings. The maximum absolute atomic E-state index is 11.7. The zero-order chi connectivity index (χ0) is 12.2. The van der Waals surface area contributed by atoms with Gasteiger partial charge in [0.05, 0.1) is 6.61 Å². The molecular weight excluding hydrogens is 226 g/mol. The summed E-state index contributed by atoms with van der Waals surface area (Å²) >= 11 is 5.80.